The number of amides is 1. The Morgan fingerprint density at radius 3 is 2.57 bits per heavy atom. The summed E-state index contributed by atoms with van der Waals surface area (Å²) in [4.78, 5) is 16.8. The highest BCUT2D eigenvalue weighted by atomic mass is 32.1. The molecule has 6 heteroatoms. The molecule has 0 bridgehead atoms. The Labute approximate surface area is 181 Å². The molecule has 1 amide bonds. The van der Waals surface area contributed by atoms with Crippen molar-refractivity contribution in [1.82, 2.24) is 9.80 Å². The van der Waals surface area contributed by atoms with Crippen molar-refractivity contribution in [3.05, 3.63) is 71.2 Å². The van der Waals surface area contributed by atoms with Crippen LogP contribution in [0.1, 0.15) is 43.2 Å². The number of benzene rings is 2. The minimum atomic E-state index is -0.299. The molecule has 0 atom stereocenters. The molecule has 156 valence electrons. The Hall–Kier alpha value is -2.73. The van der Waals surface area contributed by atoms with Crippen LogP contribution in [0, 0.1) is 5.82 Å². The van der Waals surface area contributed by atoms with Gasteiger partial charge >= 0.3 is 0 Å². The van der Waals surface area contributed by atoms with Crippen molar-refractivity contribution in [1.29, 1.82) is 0 Å². The van der Waals surface area contributed by atoms with Crippen LogP contribution in [0.15, 0.2) is 54.2 Å². The molecular weight excluding hydrogens is 399 g/mol. The molecule has 4 nitrogen and oxygen atoms in total. The fourth-order valence-corrected chi connectivity index (χ4v) is 4.42. The van der Waals surface area contributed by atoms with Crippen LogP contribution >= 0.6 is 12.2 Å². The molecule has 1 heterocycles. The maximum atomic E-state index is 13.9. The summed E-state index contributed by atoms with van der Waals surface area (Å²) in [5.74, 6) is 0.238. The van der Waals surface area contributed by atoms with E-state index in [-0.39, 0.29) is 24.4 Å². The first kappa shape index (κ1) is 20.5. The molecule has 2 aromatic carbocycles. The van der Waals surface area contributed by atoms with Crippen molar-refractivity contribution < 1.29 is 13.9 Å². The lowest BCUT2D eigenvalue weighted by Gasteiger charge is -2.30. The number of halogens is 1. The second kappa shape index (κ2) is 8.96. The summed E-state index contributed by atoms with van der Waals surface area (Å²) in [6.07, 6.45) is 7.29. The summed E-state index contributed by atoms with van der Waals surface area (Å²) in [5, 5.41) is 0.558. The Balaban J connectivity index is 1.57. The van der Waals surface area contributed by atoms with Gasteiger partial charge in [0.1, 0.15) is 23.9 Å². The van der Waals surface area contributed by atoms with E-state index >= 15 is 0 Å². The van der Waals surface area contributed by atoms with Crippen LogP contribution in [-0.2, 0) is 11.4 Å². The third-order valence-electron chi connectivity index (χ3n) is 5.78. The maximum absolute atomic E-state index is 13.9. The molecule has 30 heavy (non-hydrogen) atoms. The molecule has 2 aliphatic rings. The summed E-state index contributed by atoms with van der Waals surface area (Å²) in [5.41, 5.74) is 1.78. The average molecular weight is 425 g/mol. The standard InChI is InChI=1S/C24H25FN2O2S/c1-26-21(23(28)27(24(26)30)19-11-3-2-4-12-19)15-17-9-6-8-14-22(17)29-16-18-10-5-7-13-20(18)25/h5-10,13-15,19H,2-4,11-12,16H2,1H3. The summed E-state index contributed by atoms with van der Waals surface area (Å²) in [6.45, 7) is 0.114. The molecule has 0 unspecified atom stereocenters. The Morgan fingerprint density at radius 1 is 1.10 bits per heavy atom. The van der Waals surface area contributed by atoms with Gasteiger partial charge in [0.2, 0.25) is 0 Å². The van der Waals surface area contributed by atoms with Crippen molar-refractivity contribution in [3.63, 3.8) is 0 Å². The molecule has 0 N–H and O–H groups in total. The van der Waals surface area contributed by atoms with Crippen LogP contribution in [0.2, 0.25) is 0 Å². The second-order valence-corrected chi connectivity index (χ2v) is 8.12. The zero-order valence-corrected chi connectivity index (χ0v) is 17.8. The number of carbonyl (C=O) groups is 1. The van der Waals surface area contributed by atoms with E-state index in [1.807, 2.05) is 37.4 Å². The maximum Gasteiger partial charge on any atom is 0.277 e. The number of hydrogen-bond acceptors (Lipinski definition) is 3. The van der Waals surface area contributed by atoms with Crippen LogP contribution in [0.25, 0.3) is 6.08 Å². The molecule has 4 rings (SSSR count). The molecule has 0 spiro atoms. The van der Waals surface area contributed by atoms with Gasteiger partial charge in [-0.05, 0) is 43.3 Å². The van der Waals surface area contributed by atoms with Crippen molar-refractivity contribution >= 4 is 29.3 Å². The first-order chi connectivity index (χ1) is 14.6. The van der Waals surface area contributed by atoms with E-state index in [0.29, 0.717) is 22.1 Å². The molecule has 1 saturated carbocycles. The van der Waals surface area contributed by atoms with Crippen molar-refractivity contribution in [2.75, 3.05) is 7.05 Å². The number of likely N-dealkylation sites (N-methyl/N-ethyl adjacent to an activating group) is 1. The highest BCUT2D eigenvalue weighted by molar-refractivity contribution is 7.80. The molecular formula is C24H25FN2O2S. The monoisotopic (exact) mass is 424 g/mol. The second-order valence-electron chi connectivity index (χ2n) is 7.76. The van der Waals surface area contributed by atoms with Gasteiger partial charge in [0.25, 0.3) is 5.91 Å². The van der Waals surface area contributed by atoms with Gasteiger partial charge in [-0.15, -0.1) is 0 Å². The third-order valence-corrected chi connectivity index (χ3v) is 6.25. The van der Waals surface area contributed by atoms with Gasteiger partial charge < -0.3 is 9.64 Å². The van der Waals surface area contributed by atoms with Crippen LogP contribution in [0.3, 0.4) is 0 Å². The number of thiocarbonyl (C=S) groups is 1. The lowest BCUT2D eigenvalue weighted by atomic mass is 9.94. The minimum Gasteiger partial charge on any atom is -0.488 e. The van der Waals surface area contributed by atoms with Crippen molar-refractivity contribution in [2.24, 2.45) is 0 Å². The van der Waals surface area contributed by atoms with E-state index in [9.17, 15) is 9.18 Å². The van der Waals surface area contributed by atoms with Crippen LogP contribution < -0.4 is 4.74 Å². The summed E-state index contributed by atoms with van der Waals surface area (Å²) in [7, 11) is 1.83. The summed E-state index contributed by atoms with van der Waals surface area (Å²) < 4.78 is 19.8. The Bertz CT molecular complexity index is 985. The molecule has 0 radical (unpaired) electrons. The Kier molecular flexibility index (Phi) is 6.13. The normalized spacial score (nSPS) is 19.1. The van der Waals surface area contributed by atoms with Crippen LogP contribution in [-0.4, -0.2) is 33.9 Å². The third kappa shape index (κ3) is 4.10. The number of carbonyl (C=O) groups excluding carboxylic acids is 1. The molecule has 2 fully saturated rings. The lowest BCUT2D eigenvalue weighted by Crippen LogP contribution is -2.41. The predicted molar refractivity (Wildman–Crippen MR) is 119 cm³/mol. The van der Waals surface area contributed by atoms with E-state index in [1.165, 1.54) is 12.5 Å². The van der Waals surface area contributed by atoms with Gasteiger partial charge in [-0.25, -0.2) is 4.39 Å². The van der Waals surface area contributed by atoms with Crippen molar-refractivity contribution in [3.8, 4) is 5.75 Å². The molecule has 1 aliphatic carbocycles. The largest absolute Gasteiger partial charge is 0.488 e. The van der Waals surface area contributed by atoms with Crippen LogP contribution in [0.5, 0.6) is 5.75 Å². The highest BCUT2D eigenvalue weighted by Gasteiger charge is 2.40. The average Bonchev–Trinajstić information content (AvgIpc) is 2.98. The quantitative estimate of drug-likeness (QED) is 0.492. The number of nitrogens with zero attached hydrogens (tertiary/aromatic N) is 2. The zero-order valence-electron chi connectivity index (χ0n) is 17.0. The number of ether oxygens (including phenoxy) is 1. The molecule has 1 aliphatic heterocycles. The van der Waals surface area contributed by atoms with Gasteiger partial charge in [-0.1, -0.05) is 55.7 Å². The number of hydrogen-bond donors (Lipinski definition) is 0. The van der Waals surface area contributed by atoms with Crippen LogP contribution in [0.4, 0.5) is 4.39 Å². The molecule has 2 aromatic rings. The lowest BCUT2D eigenvalue weighted by molar-refractivity contribution is -0.124. The van der Waals surface area contributed by atoms with Gasteiger partial charge in [0, 0.05) is 24.2 Å². The predicted octanol–water partition coefficient (Wildman–Crippen LogP) is 5.14. The summed E-state index contributed by atoms with van der Waals surface area (Å²) in [6, 6.07) is 14.2. The van der Waals surface area contributed by atoms with E-state index in [1.54, 1.807) is 28.0 Å². The van der Waals surface area contributed by atoms with Gasteiger partial charge in [-0.3, -0.25) is 9.69 Å². The number of para-hydroxylation sites is 1. The topological polar surface area (TPSA) is 32.8 Å². The zero-order chi connectivity index (χ0) is 21.1. The fourth-order valence-electron chi connectivity index (χ4n) is 4.09. The van der Waals surface area contributed by atoms with Gasteiger partial charge in [0.15, 0.2) is 5.11 Å². The summed E-state index contributed by atoms with van der Waals surface area (Å²) >= 11 is 5.59. The van der Waals surface area contributed by atoms with E-state index in [0.717, 1.165) is 31.2 Å². The van der Waals surface area contributed by atoms with Gasteiger partial charge in [0.05, 0.1) is 0 Å². The first-order valence-corrected chi connectivity index (χ1v) is 10.8. The molecule has 0 aromatic heterocycles. The van der Waals surface area contributed by atoms with E-state index < -0.39 is 0 Å². The van der Waals surface area contributed by atoms with E-state index in [4.69, 9.17) is 17.0 Å². The Morgan fingerprint density at radius 2 is 1.80 bits per heavy atom. The first-order valence-electron chi connectivity index (χ1n) is 10.3. The highest BCUT2D eigenvalue weighted by Crippen LogP contribution is 2.32. The molecule has 1 saturated heterocycles. The fraction of sp³-hybridized carbons (Fsp3) is 0.333. The minimum absolute atomic E-state index is 0.0571. The van der Waals surface area contributed by atoms with E-state index in [2.05, 4.69) is 0 Å². The SMILES string of the molecule is CN1C(=S)N(C2CCCCC2)C(=O)C1=Cc1ccccc1OCc1ccccc1F. The number of rotatable bonds is 5. The van der Waals surface area contributed by atoms with Gasteiger partial charge in [-0.2, -0.15) is 0 Å². The smallest absolute Gasteiger partial charge is 0.277 e. The van der Waals surface area contributed by atoms with Crippen molar-refractivity contribution in [2.45, 2.75) is 44.8 Å².